The average molecular weight is 307 g/mol. The molecule has 1 saturated heterocycles. The van der Waals surface area contributed by atoms with Crippen LogP contribution in [0.5, 0.6) is 0 Å². The van der Waals surface area contributed by atoms with E-state index in [9.17, 15) is 9.59 Å². The Balaban J connectivity index is 1.86. The van der Waals surface area contributed by atoms with Crippen molar-refractivity contribution in [3.05, 3.63) is 12.3 Å². The Hall–Kier alpha value is -2.05. The molecule has 7 heteroatoms. The van der Waals surface area contributed by atoms with Gasteiger partial charge in [0, 0.05) is 38.9 Å². The van der Waals surface area contributed by atoms with Gasteiger partial charge in [0.25, 0.3) is 0 Å². The minimum Gasteiger partial charge on any atom is -0.338 e. The average Bonchev–Trinajstić information content (AvgIpc) is 2.90. The first-order valence-corrected chi connectivity index (χ1v) is 7.79. The van der Waals surface area contributed by atoms with E-state index in [1.54, 1.807) is 28.9 Å². The molecule has 1 atom stereocenters. The molecule has 0 bridgehead atoms. The fourth-order valence-corrected chi connectivity index (χ4v) is 2.49. The summed E-state index contributed by atoms with van der Waals surface area (Å²) < 4.78 is 1.64. The molecule has 0 saturated carbocycles. The van der Waals surface area contributed by atoms with Crippen LogP contribution in [0.15, 0.2) is 12.3 Å². The van der Waals surface area contributed by atoms with Crippen molar-refractivity contribution in [3.8, 4) is 0 Å². The first-order chi connectivity index (χ1) is 10.5. The SMILES string of the molecule is CC(C)CNC(=O)N1CCCC(C(=O)Nc2ccn(C)n2)C1. The maximum Gasteiger partial charge on any atom is 0.317 e. The van der Waals surface area contributed by atoms with Gasteiger partial charge >= 0.3 is 6.03 Å². The molecule has 0 radical (unpaired) electrons. The molecule has 3 amide bonds. The van der Waals surface area contributed by atoms with E-state index in [0.29, 0.717) is 31.4 Å². The Morgan fingerprint density at radius 2 is 2.23 bits per heavy atom. The van der Waals surface area contributed by atoms with Gasteiger partial charge in [-0.2, -0.15) is 5.10 Å². The van der Waals surface area contributed by atoms with Crippen LogP contribution in [-0.2, 0) is 11.8 Å². The van der Waals surface area contributed by atoms with Gasteiger partial charge in [-0.05, 0) is 18.8 Å². The van der Waals surface area contributed by atoms with E-state index < -0.39 is 0 Å². The van der Waals surface area contributed by atoms with Gasteiger partial charge in [-0.25, -0.2) is 4.79 Å². The number of hydrogen-bond donors (Lipinski definition) is 2. The number of anilines is 1. The van der Waals surface area contributed by atoms with Crippen LogP contribution in [0.1, 0.15) is 26.7 Å². The van der Waals surface area contributed by atoms with Crippen LogP contribution in [0.3, 0.4) is 0 Å². The standard InChI is InChI=1S/C15H25N5O2/c1-11(2)9-16-15(22)20-7-4-5-12(10-20)14(21)17-13-6-8-19(3)18-13/h6,8,11-12H,4-5,7,9-10H2,1-3H3,(H,16,22)(H,17,18,21). The molecular formula is C15H25N5O2. The molecule has 2 heterocycles. The van der Waals surface area contributed by atoms with Gasteiger partial charge in [0.05, 0.1) is 5.92 Å². The number of aromatic nitrogens is 2. The summed E-state index contributed by atoms with van der Waals surface area (Å²) in [5.74, 6) is 0.714. The van der Waals surface area contributed by atoms with Gasteiger partial charge in [0.2, 0.25) is 5.91 Å². The van der Waals surface area contributed by atoms with Crippen molar-refractivity contribution < 1.29 is 9.59 Å². The molecule has 0 aliphatic carbocycles. The lowest BCUT2D eigenvalue weighted by atomic mass is 9.97. The van der Waals surface area contributed by atoms with Crippen molar-refractivity contribution in [2.45, 2.75) is 26.7 Å². The Morgan fingerprint density at radius 3 is 2.86 bits per heavy atom. The molecule has 1 aromatic heterocycles. The second-order valence-electron chi connectivity index (χ2n) is 6.23. The summed E-state index contributed by atoms with van der Waals surface area (Å²) in [4.78, 5) is 26.1. The second-order valence-corrected chi connectivity index (χ2v) is 6.23. The van der Waals surface area contributed by atoms with Crippen molar-refractivity contribution in [1.82, 2.24) is 20.0 Å². The molecule has 7 nitrogen and oxygen atoms in total. The fourth-order valence-electron chi connectivity index (χ4n) is 2.49. The van der Waals surface area contributed by atoms with Gasteiger partial charge in [-0.1, -0.05) is 13.8 Å². The normalized spacial score (nSPS) is 18.4. The van der Waals surface area contributed by atoms with Crippen molar-refractivity contribution in [3.63, 3.8) is 0 Å². The van der Waals surface area contributed by atoms with Crippen molar-refractivity contribution in [2.75, 3.05) is 25.0 Å². The van der Waals surface area contributed by atoms with Crippen LogP contribution in [0, 0.1) is 11.8 Å². The van der Waals surface area contributed by atoms with E-state index in [-0.39, 0.29) is 17.9 Å². The number of likely N-dealkylation sites (tertiary alicyclic amines) is 1. The number of carbonyl (C=O) groups excluding carboxylic acids is 2. The number of nitrogens with zero attached hydrogens (tertiary/aromatic N) is 3. The summed E-state index contributed by atoms with van der Waals surface area (Å²) in [6.07, 6.45) is 3.42. The third kappa shape index (κ3) is 4.47. The zero-order chi connectivity index (χ0) is 16.1. The maximum atomic E-state index is 12.3. The van der Waals surface area contributed by atoms with Crippen LogP contribution in [0.4, 0.5) is 10.6 Å². The number of carbonyl (C=O) groups is 2. The highest BCUT2D eigenvalue weighted by atomic mass is 16.2. The predicted molar refractivity (Wildman–Crippen MR) is 84.4 cm³/mol. The molecule has 1 aliphatic rings. The molecule has 1 fully saturated rings. The maximum absolute atomic E-state index is 12.3. The van der Waals surface area contributed by atoms with Crippen LogP contribution in [0.2, 0.25) is 0 Å². The highest BCUT2D eigenvalue weighted by Crippen LogP contribution is 2.18. The van der Waals surface area contributed by atoms with Crippen LogP contribution >= 0.6 is 0 Å². The number of nitrogens with one attached hydrogen (secondary N) is 2. The molecule has 2 N–H and O–H groups in total. The van der Waals surface area contributed by atoms with Crippen molar-refractivity contribution in [1.29, 1.82) is 0 Å². The summed E-state index contributed by atoms with van der Waals surface area (Å²) in [5, 5.41) is 9.86. The van der Waals surface area contributed by atoms with E-state index >= 15 is 0 Å². The van der Waals surface area contributed by atoms with Crippen LogP contribution in [-0.4, -0.2) is 46.3 Å². The van der Waals surface area contributed by atoms with Crippen LogP contribution < -0.4 is 10.6 Å². The zero-order valence-corrected chi connectivity index (χ0v) is 13.5. The smallest absolute Gasteiger partial charge is 0.317 e. The zero-order valence-electron chi connectivity index (χ0n) is 13.5. The molecule has 1 aliphatic heterocycles. The van der Waals surface area contributed by atoms with E-state index in [2.05, 4.69) is 29.6 Å². The molecule has 2 rings (SSSR count). The Bertz CT molecular complexity index is 526. The number of amides is 3. The van der Waals surface area contributed by atoms with Crippen LogP contribution in [0.25, 0.3) is 0 Å². The molecular weight excluding hydrogens is 282 g/mol. The molecule has 122 valence electrons. The number of piperidine rings is 1. The first-order valence-electron chi connectivity index (χ1n) is 7.79. The number of aryl methyl sites for hydroxylation is 1. The molecule has 0 aromatic carbocycles. The predicted octanol–water partition coefficient (Wildman–Crippen LogP) is 1.44. The fraction of sp³-hybridized carbons (Fsp3) is 0.667. The number of urea groups is 1. The van der Waals surface area contributed by atoms with Crippen molar-refractivity contribution in [2.24, 2.45) is 18.9 Å². The molecule has 1 aromatic rings. The molecule has 22 heavy (non-hydrogen) atoms. The topological polar surface area (TPSA) is 79.3 Å². The lowest BCUT2D eigenvalue weighted by molar-refractivity contribution is -0.121. The summed E-state index contributed by atoms with van der Waals surface area (Å²) >= 11 is 0. The largest absolute Gasteiger partial charge is 0.338 e. The summed E-state index contributed by atoms with van der Waals surface area (Å²) in [5.41, 5.74) is 0. The van der Waals surface area contributed by atoms with E-state index in [1.807, 2.05) is 0 Å². The minimum atomic E-state index is -0.180. The third-order valence-electron chi connectivity index (χ3n) is 3.71. The van der Waals surface area contributed by atoms with E-state index in [0.717, 1.165) is 12.8 Å². The summed E-state index contributed by atoms with van der Waals surface area (Å²) in [6, 6.07) is 1.68. The van der Waals surface area contributed by atoms with E-state index in [1.165, 1.54) is 0 Å². The van der Waals surface area contributed by atoms with Gasteiger partial charge in [0.1, 0.15) is 0 Å². The van der Waals surface area contributed by atoms with Gasteiger partial charge in [-0.15, -0.1) is 0 Å². The van der Waals surface area contributed by atoms with Gasteiger partial charge in [0.15, 0.2) is 5.82 Å². The van der Waals surface area contributed by atoms with E-state index in [4.69, 9.17) is 0 Å². The minimum absolute atomic E-state index is 0.0694. The monoisotopic (exact) mass is 307 g/mol. The summed E-state index contributed by atoms with van der Waals surface area (Å²) in [7, 11) is 1.80. The Morgan fingerprint density at radius 1 is 1.45 bits per heavy atom. The molecule has 0 spiro atoms. The highest BCUT2D eigenvalue weighted by Gasteiger charge is 2.28. The van der Waals surface area contributed by atoms with Gasteiger partial charge < -0.3 is 15.5 Å². The third-order valence-corrected chi connectivity index (χ3v) is 3.71. The Kier molecular flexibility index (Phi) is 5.41. The number of hydrogen-bond acceptors (Lipinski definition) is 3. The lowest BCUT2D eigenvalue weighted by Gasteiger charge is -2.32. The van der Waals surface area contributed by atoms with Crippen molar-refractivity contribution >= 4 is 17.8 Å². The lowest BCUT2D eigenvalue weighted by Crippen LogP contribution is -2.48. The highest BCUT2D eigenvalue weighted by molar-refractivity contribution is 5.92. The first kappa shape index (κ1) is 16.3. The quantitative estimate of drug-likeness (QED) is 0.883. The summed E-state index contributed by atoms with van der Waals surface area (Å²) in [6.45, 7) is 5.93. The number of rotatable bonds is 4. The molecule has 1 unspecified atom stereocenters. The second kappa shape index (κ2) is 7.29. The Labute approximate surface area is 131 Å². The van der Waals surface area contributed by atoms with Gasteiger partial charge in [-0.3, -0.25) is 9.48 Å².